The highest BCUT2D eigenvalue weighted by Crippen LogP contribution is 2.51. The van der Waals surface area contributed by atoms with E-state index in [0.29, 0.717) is 5.89 Å². The van der Waals surface area contributed by atoms with Crippen LogP contribution in [0.1, 0.15) is 25.0 Å². The fraction of sp³-hybridized carbons (Fsp3) is 0.0682. The summed E-state index contributed by atoms with van der Waals surface area (Å²) in [7, 11) is 0. The third-order valence-electron chi connectivity index (χ3n) is 9.67. The molecule has 0 saturated heterocycles. The maximum Gasteiger partial charge on any atom is 0.227 e. The fourth-order valence-corrected chi connectivity index (χ4v) is 7.31. The summed E-state index contributed by atoms with van der Waals surface area (Å²) in [5.74, 6) is 0.613. The lowest BCUT2D eigenvalue weighted by Gasteiger charge is -2.29. The van der Waals surface area contributed by atoms with Crippen molar-refractivity contribution in [2.24, 2.45) is 0 Å². The molecular weight excluding hydrogens is 572 g/mol. The SMILES string of the molecule is CC1(C)c2ccccc2-c2ccc(N(c3cccc(-c4ccccc4)c3)c3cc4ccccc4c4oc(-c5ccccc5)nc34)cc21. The summed E-state index contributed by atoms with van der Waals surface area (Å²) in [4.78, 5) is 7.57. The van der Waals surface area contributed by atoms with Crippen LogP contribution in [0.5, 0.6) is 0 Å². The minimum atomic E-state index is -0.132. The molecule has 0 radical (unpaired) electrons. The predicted octanol–water partition coefficient (Wildman–Crippen LogP) is 12.1. The molecule has 1 aromatic heterocycles. The van der Waals surface area contributed by atoms with Crippen molar-refractivity contribution in [3.63, 3.8) is 0 Å². The number of aromatic nitrogens is 1. The van der Waals surface area contributed by atoms with E-state index in [4.69, 9.17) is 9.40 Å². The maximum absolute atomic E-state index is 6.63. The Balaban J connectivity index is 1.33. The molecule has 47 heavy (non-hydrogen) atoms. The van der Waals surface area contributed by atoms with Gasteiger partial charge in [0.1, 0.15) is 5.52 Å². The van der Waals surface area contributed by atoms with E-state index >= 15 is 0 Å². The van der Waals surface area contributed by atoms with Crippen LogP contribution in [0.2, 0.25) is 0 Å². The maximum atomic E-state index is 6.63. The molecule has 0 fully saturated rings. The molecule has 1 aliphatic rings. The standard InChI is InChI=1S/C44H32N2O/c1-44(2)38-23-12-11-22-36(38)37-25-24-34(28-39(37)44)46(33-20-13-19-31(26-33)29-14-5-3-6-15-29)40-27-32-18-9-10-21-35(32)42-41(40)45-43(47-42)30-16-7-4-8-17-30/h3-28H,1-2H3. The average molecular weight is 605 g/mol. The van der Waals surface area contributed by atoms with Gasteiger partial charge in [0, 0.05) is 27.7 Å². The molecule has 0 unspecified atom stereocenters. The number of oxazole rings is 1. The van der Waals surface area contributed by atoms with Gasteiger partial charge in [0.15, 0.2) is 5.58 Å². The molecule has 1 aliphatic carbocycles. The Morgan fingerprint density at radius 2 is 1.19 bits per heavy atom. The van der Waals surface area contributed by atoms with Crippen molar-refractivity contribution in [1.82, 2.24) is 4.98 Å². The van der Waals surface area contributed by atoms with Crippen molar-refractivity contribution < 1.29 is 4.42 Å². The molecule has 8 aromatic rings. The first-order valence-electron chi connectivity index (χ1n) is 16.1. The van der Waals surface area contributed by atoms with Crippen molar-refractivity contribution in [3.05, 3.63) is 169 Å². The van der Waals surface area contributed by atoms with Crippen molar-refractivity contribution in [2.45, 2.75) is 19.3 Å². The van der Waals surface area contributed by atoms with E-state index in [1.54, 1.807) is 0 Å². The molecule has 0 aliphatic heterocycles. The van der Waals surface area contributed by atoms with E-state index in [1.807, 2.05) is 30.3 Å². The predicted molar refractivity (Wildman–Crippen MR) is 195 cm³/mol. The van der Waals surface area contributed by atoms with Gasteiger partial charge in [-0.25, -0.2) is 4.98 Å². The van der Waals surface area contributed by atoms with E-state index < -0.39 is 0 Å². The summed E-state index contributed by atoms with van der Waals surface area (Å²) >= 11 is 0. The van der Waals surface area contributed by atoms with Crippen molar-refractivity contribution in [3.8, 4) is 33.7 Å². The van der Waals surface area contributed by atoms with Crippen LogP contribution in [0.15, 0.2) is 162 Å². The smallest absolute Gasteiger partial charge is 0.227 e. The number of fused-ring (bicyclic) bond motifs is 6. The van der Waals surface area contributed by atoms with E-state index in [2.05, 4.69) is 146 Å². The van der Waals surface area contributed by atoms with Gasteiger partial charge in [-0.05, 0) is 81.2 Å². The molecule has 7 aromatic carbocycles. The third kappa shape index (κ3) is 4.39. The highest BCUT2D eigenvalue weighted by Gasteiger charge is 2.36. The number of hydrogen-bond acceptors (Lipinski definition) is 3. The molecule has 3 nitrogen and oxygen atoms in total. The second kappa shape index (κ2) is 10.6. The first-order valence-corrected chi connectivity index (χ1v) is 16.1. The molecule has 224 valence electrons. The van der Waals surface area contributed by atoms with Crippen LogP contribution in [-0.4, -0.2) is 4.98 Å². The number of anilines is 3. The van der Waals surface area contributed by atoms with Gasteiger partial charge in [0.2, 0.25) is 5.89 Å². The molecule has 0 atom stereocenters. The number of hydrogen-bond donors (Lipinski definition) is 0. The summed E-state index contributed by atoms with van der Waals surface area (Å²) in [5.41, 5.74) is 13.2. The minimum Gasteiger partial charge on any atom is -0.435 e. The largest absolute Gasteiger partial charge is 0.435 e. The molecule has 3 heteroatoms. The molecule has 0 amide bonds. The molecule has 9 rings (SSSR count). The molecule has 0 saturated carbocycles. The van der Waals surface area contributed by atoms with E-state index in [1.165, 1.54) is 27.8 Å². The Morgan fingerprint density at radius 1 is 0.532 bits per heavy atom. The minimum absolute atomic E-state index is 0.132. The number of benzene rings is 7. The van der Waals surface area contributed by atoms with E-state index in [0.717, 1.165) is 50.1 Å². The van der Waals surface area contributed by atoms with E-state index in [9.17, 15) is 0 Å². The second-order valence-electron chi connectivity index (χ2n) is 12.8. The average Bonchev–Trinajstić information content (AvgIpc) is 3.67. The Hall–Kier alpha value is -5.93. The van der Waals surface area contributed by atoms with Crippen molar-refractivity contribution in [1.29, 1.82) is 0 Å². The van der Waals surface area contributed by atoms with Gasteiger partial charge in [0.25, 0.3) is 0 Å². The Bertz CT molecular complexity index is 2440. The zero-order chi connectivity index (χ0) is 31.5. The Morgan fingerprint density at radius 3 is 2.02 bits per heavy atom. The lowest BCUT2D eigenvalue weighted by Crippen LogP contribution is -2.16. The first kappa shape index (κ1) is 27.4. The third-order valence-corrected chi connectivity index (χ3v) is 9.67. The molecule has 0 spiro atoms. The van der Waals surface area contributed by atoms with Crippen molar-refractivity contribution in [2.75, 3.05) is 4.90 Å². The van der Waals surface area contributed by atoms with Crippen LogP contribution in [0.4, 0.5) is 17.1 Å². The van der Waals surface area contributed by atoms with Gasteiger partial charge in [-0.1, -0.05) is 129 Å². The second-order valence-corrected chi connectivity index (χ2v) is 12.8. The lowest BCUT2D eigenvalue weighted by molar-refractivity contribution is 0.623. The summed E-state index contributed by atoms with van der Waals surface area (Å²) in [6, 6.07) is 55.9. The first-order chi connectivity index (χ1) is 23.1. The Kier molecular flexibility index (Phi) is 6.16. The number of nitrogens with zero attached hydrogens (tertiary/aromatic N) is 2. The van der Waals surface area contributed by atoms with Crippen molar-refractivity contribution >= 4 is 38.9 Å². The van der Waals surface area contributed by atoms with Gasteiger partial charge in [-0.2, -0.15) is 0 Å². The van der Waals surface area contributed by atoms with Gasteiger partial charge in [-0.3, -0.25) is 0 Å². The number of rotatable bonds is 5. The van der Waals surface area contributed by atoms with Gasteiger partial charge >= 0.3 is 0 Å². The quantitative estimate of drug-likeness (QED) is 0.196. The van der Waals surface area contributed by atoms with E-state index in [-0.39, 0.29) is 5.41 Å². The van der Waals surface area contributed by atoms with Crippen LogP contribution in [0.25, 0.3) is 55.6 Å². The summed E-state index contributed by atoms with van der Waals surface area (Å²) in [5, 5.41) is 2.15. The van der Waals surface area contributed by atoms with Crippen LogP contribution < -0.4 is 4.90 Å². The summed E-state index contributed by atoms with van der Waals surface area (Å²) in [6.45, 7) is 4.67. The van der Waals surface area contributed by atoms with Gasteiger partial charge in [-0.15, -0.1) is 0 Å². The van der Waals surface area contributed by atoms with Gasteiger partial charge in [0.05, 0.1) is 5.69 Å². The Labute approximate surface area is 274 Å². The lowest BCUT2D eigenvalue weighted by atomic mass is 9.82. The zero-order valence-corrected chi connectivity index (χ0v) is 26.3. The van der Waals surface area contributed by atoms with Crippen LogP contribution in [-0.2, 0) is 5.41 Å². The molecule has 0 bridgehead atoms. The highest BCUT2D eigenvalue weighted by molar-refractivity contribution is 6.11. The fourth-order valence-electron chi connectivity index (χ4n) is 7.31. The molecular formula is C44H32N2O. The highest BCUT2D eigenvalue weighted by atomic mass is 16.3. The summed E-state index contributed by atoms with van der Waals surface area (Å²) < 4.78 is 6.63. The summed E-state index contributed by atoms with van der Waals surface area (Å²) in [6.07, 6.45) is 0. The normalized spacial score (nSPS) is 13.1. The van der Waals surface area contributed by atoms with Crippen LogP contribution in [0, 0.1) is 0 Å². The van der Waals surface area contributed by atoms with Gasteiger partial charge < -0.3 is 9.32 Å². The molecule has 1 heterocycles. The van der Waals surface area contributed by atoms with Crippen LogP contribution >= 0.6 is 0 Å². The van der Waals surface area contributed by atoms with Crippen LogP contribution in [0.3, 0.4) is 0 Å². The molecule has 0 N–H and O–H groups in total. The zero-order valence-electron chi connectivity index (χ0n) is 26.3. The monoisotopic (exact) mass is 604 g/mol. The topological polar surface area (TPSA) is 29.3 Å².